The van der Waals surface area contributed by atoms with Gasteiger partial charge < -0.3 is 14.6 Å². The largest absolute Gasteiger partial charge is 0.768 e. The molecule has 4 nitrogen and oxygen atoms in total. The number of hydrogen-bond donors (Lipinski definition) is 1. The topological polar surface area (TPSA) is 61.4 Å². The second-order valence-electron chi connectivity index (χ2n) is 6.80. The van der Waals surface area contributed by atoms with Gasteiger partial charge in [-0.3, -0.25) is 4.21 Å². The molecule has 1 N–H and O–H groups in total. The summed E-state index contributed by atoms with van der Waals surface area (Å²) in [5, 5.41) is 3.72. The lowest BCUT2D eigenvalue weighted by Crippen LogP contribution is -2.42. The van der Waals surface area contributed by atoms with E-state index in [-0.39, 0.29) is 6.10 Å². The fourth-order valence-electron chi connectivity index (χ4n) is 4.55. The molecule has 2 fully saturated rings. The second-order valence-corrected chi connectivity index (χ2v) is 7.74. The maximum absolute atomic E-state index is 11.2. The van der Waals surface area contributed by atoms with Crippen molar-refractivity contribution in [2.24, 2.45) is 11.8 Å². The normalized spacial score (nSPS) is 32.9. The number of rotatable bonds is 2. The number of anilines is 1. The number of nitrogens with one attached hydrogen (secondary N) is 1. The van der Waals surface area contributed by atoms with Gasteiger partial charge in [-0.15, -0.1) is 0 Å². The first-order valence-corrected chi connectivity index (χ1v) is 9.43. The van der Waals surface area contributed by atoms with Crippen molar-refractivity contribution in [1.29, 1.82) is 0 Å². The summed E-state index contributed by atoms with van der Waals surface area (Å²) in [7, 11) is 0. The van der Waals surface area contributed by atoms with Gasteiger partial charge in [0, 0.05) is 34.7 Å². The summed E-state index contributed by atoms with van der Waals surface area (Å²) in [5.74, 6) is 1.20. The van der Waals surface area contributed by atoms with E-state index in [2.05, 4.69) is 5.32 Å². The van der Waals surface area contributed by atoms with Crippen molar-refractivity contribution in [3.8, 4) is 0 Å². The molecule has 1 aromatic carbocycles. The van der Waals surface area contributed by atoms with Crippen molar-refractivity contribution in [2.75, 3.05) is 11.9 Å². The fraction of sp³-hybridized carbons (Fsp3) is 0.647. The third-order valence-corrected chi connectivity index (χ3v) is 6.24. The van der Waals surface area contributed by atoms with E-state index in [9.17, 15) is 8.76 Å². The molecule has 120 valence electrons. The van der Waals surface area contributed by atoms with E-state index < -0.39 is 11.1 Å². The van der Waals surface area contributed by atoms with Crippen LogP contribution in [0.1, 0.15) is 50.2 Å². The van der Waals surface area contributed by atoms with Crippen LogP contribution in [0, 0.1) is 11.8 Å². The van der Waals surface area contributed by atoms with Crippen molar-refractivity contribution in [1.82, 2.24) is 0 Å². The molecule has 3 aliphatic rings. The maximum Gasteiger partial charge on any atom is 0.0893 e. The monoisotopic (exact) mass is 320 g/mol. The van der Waals surface area contributed by atoms with Crippen LogP contribution in [0.25, 0.3) is 0 Å². The van der Waals surface area contributed by atoms with Gasteiger partial charge in [0.1, 0.15) is 0 Å². The van der Waals surface area contributed by atoms with Crippen molar-refractivity contribution in [2.45, 2.75) is 55.6 Å². The summed E-state index contributed by atoms with van der Waals surface area (Å²) in [4.78, 5) is 0.353. The minimum absolute atomic E-state index is 0.0617. The smallest absolute Gasteiger partial charge is 0.0893 e. The summed E-state index contributed by atoms with van der Waals surface area (Å²) >= 11 is -2.18. The van der Waals surface area contributed by atoms with Crippen LogP contribution in [0.15, 0.2) is 23.1 Å². The van der Waals surface area contributed by atoms with Crippen molar-refractivity contribution >= 4 is 16.8 Å². The Morgan fingerprint density at radius 3 is 2.77 bits per heavy atom. The Morgan fingerprint density at radius 2 is 2.00 bits per heavy atom. The Balaban J connectivity index is 1.68. The van der Waals surface area contributed by atoms with Crippen LogP contribution >= 0.6 is 0 Å². The average molecular weight is 320 g/mol. The number of hydrogen-bond acceptors (Lipinski definition) is 4. The molecule has 0 spiro atoms. The Kier molecular flexibility index (Phi) is 3.96. The molecular formula is C17H22NO3S-. The summed E-state index contributed by atoms with van der Waals surface area (Å²) in [6, 6.07) is 5.85. The molecule has 0 radical (unpaired) electrons. The van der Waals surface area contributed by atoms with E-state index in [1.807, 2.05) is 6.07 Å². The number of ether oxygens (including phenoxy) is 1. The minimum atomic E-state index is -2.18. The zero-order chi connectivity index (χ0) is 15.1. The molecule has 2 heterocycles. The van der Waals surface area contributed by atoms with Gasteiger partial charge in [-0.1, -0.05) is 19.3 Å². The molecule has 2 aliphatic heterocycles. The van der Waals surface area contributed by atoms with Crippen LogP contribution in [0.5, 0.6) is 0 Å². The molecular weight excluding hydrogens is 298 g/mol. The first-order chi connectivity index (χ1) is 10.7. The molecule has 1 saturated carbocycles. The molecule has 1 aliphatic carbocycles. The minimum Gasteiger partial charge on any atom is -0.768 e. The summed E-state index contributed by atoms with van der Waals surface area (Å²) < 4.78 is 28.5. The highest BCUT2D eigenvalue weighted by atomic mass is 32.2. The SMILES string of the molecule is O=S([O-])c1ccc2c(c1)[C@H]1OCC[C@H]1[C@H](C1CCCCC1)N2. The van der Waals surface area contributed by atoms with Crippen LogP contribution in [0.4, 0.5) is 5.69 Å². The predicted octanol–water partition coefficient (Wildman–Crippen LogP) is 3.38. The lowest BCUT2D eigenvalue weighted by atomic mass is 9.73. The molecule has 4 atom stereocenters. The van der Waals surface area contributed by atoms with Gasteiger partial charge in [0.2, 0.25) is 0 Å². The average Bonchev–Trinajstić information content (AvgIpc) is 3.04. The fourth-order valence-corrected chi connectivity index (χ4v) is 4.96. The van der Waals surface area contributed by atoms with Crippen LogP contribution < -0.4 is 5.32 Å². The molecule has 1 unspecified atom stereocenters. The number of fused-ring (bicyclic) bond motifs is 3. The highest BCUT2D eigenvalue weighted by Crippen LogP contribution is 2.48. The molecule has 0 aromatic heterocycles. The van der Waals surface area contributed by atoms with Gasteiger partial charge in [0.25, 0.3) is 0 Å². The van der Waals surface area contributed by atoms with Crippen molar-refractivity contribution in [3.05, 3.63) is 23.8 Å². The summed E-state index contributed by atoms with van der Waals surface area (Å²) in [5.41, 5.74) is 2.09. The van der Waals surface area contributed by atoms with E-state index in [1.165, 1.54) is 32.1 Å². The van der Waals surface area contributed by atoms with E-state index in [1.54, 1.807) is 12.1 Å². The van der Waals surface area contributed by atoms with Gasteiger partial charge in [-0.25, -0.2) is 0 Å². The molecule has 1 aromatic rings. The Hall–Kier alpha value is -0.910. The molecule has 0 bridgehead atoms. The zero-order valence-electron chi connectivity index (χ0n) is 12.6. The van der Waals surface area contributed by atoms with E-state index in [0.717, 1.165) is 30.2 Å². The molecule has 22 heavy (non-hydrogen) atoms. The van der Waals surface area contributed by atoms with Crippen molar-refractivity contribution < 1.29 is 13.5 Å². The quantitative estimate of drug-likeness (QED) is 0.849. The van der Waals surface area contributed by atoms with E-state index >= 15 is 0 Å². The van der Waals surface area contributed by atoms with Gasteiger partial charge in [-0.05, 0) is 54.5 Å². The molecule has 1 saturated heterocycles. The van der Waals surface area contributed by atoms with Crippen LogP contribution in [0.2, 0.25) is 0 Å². The third-order valence-electron chi connectivity index (χ3n) is 5.60. The van der Waals surface area contributed by atoms with E-state index in [0.29, 0.717) is 16.9 Å². The lowest BCUT2D eigenvalue weighted by molar-refractivity contribution is 0.0730. The second kappa shape index (κ2) is 5.95. The highest BCUT2D eigenvalue weighted by Gasteiger charge is 2.43. The van der Waals surface area contributed by atoms with Crippen molar-refractivity contribution in [3.63, 3.8) is 0 Å². The van der Waals surface area contributed by atoms with E-state index in [4.69, 9.17) is 4.74 Å². The molecule has 0 amide bonds. The Labute approximate surface area is 133 Å². The summed E-state index contributed by atoms with van der Waals surface area (Å²) in [6.45, 7) is 0.782. The summed E-state index contributed by atoms with van der Waals surface area (Å²) in [6.07, 6.45) is 7.78. The Morgan fingerprint density at radius 1 is 1.18 bits per heavy atom. The van der Waals surface area contributed by atoms with Crippen LogP contribution in [-0.2, 0) is 15.8 Å². The number of benzene rings is 1. The first kappa shape index (κ1) is 14.7. The van der Waals surface area contributed by atoms with Gasteiger partial charge in [-0.2, -0.15) is 0 Å². The maximum atomic E-state index is 11.2. The van der Waals surface area contributed by atoms with Gasteiger partial charge in [0.05, 0.1) is 6.10 Å². The van der Waals surface area contributed by atoms with Crippen LogP contribution in [-0.4, -0.2) is 21.4 Å². The third kappa shape index (κ3) is 2.49. The Bertz CT molecular complexity index is 585. The first-order valence-electron chi connectivity index (χ1n) is 8.35. The lowest BCUT2D eigenvalue weighted by Gasteiger charge is -2.42. The van der Waals surface area contributed by atoms with Gasteiger partial charge in [0.15, 0.2) is 0 Å². The van der Waals surface area contributed by atoms with Gasteiger partial charge >= 0.3 is 0 Å². The molecule has 5 heteroatoms. The zero-order valence-corrected chi connectivity index (χ0v) is 13.4. The highest BCUT2D eigenvalue weighted by molar-refractivity contribution is 7.79. The van der Waals surface area contributed by atoms with Crippen LogP contribution in [0.3, 0.4) is 0 Å². The standard InChI is InChI=1S/C17H23NO3S/c19-22(20)12-6-7-15-14(10-12)17-13(8-9-21-17)16(18-15)11-4-2-1-3-5-11/h6-7,10-11,13,16-18H,1-5,8-9H2,(H,19,20)/p-1/t13-,16-,17-/m0/s1. The predicted molar refractivity (Wildman–Crippen MR) is 84.4 cm³/mol. The molecule has 4 rings (SSSR count).